The van der Waals surface area contributed by atoms with Crippen LogP contribution in [-0.4, -0.2) is 22.1 Å². The molecule has 0 atom stereocenters. The number of nitrogens with zero attached hydrogens (tertiary/aromatic N) is 3. The molecule has 0 saturated heterocycles. The summed E-state index contributed by atoms with van der Waals surface area (Å²) in [6.45, 7) is 2.09. The Morgan fingerprint density at radius 1 is 1.31 bits per heavy atom. The summed E-state index contributed by atoms with van der Waals surface area (Å²) in [5.41, 5.74) is 3.02. The van der Waals surface area contributed by atoms with E-state index < -0.39 is 0 Å². The minimum atomic E-state index is 0.831. The lowest BCUT2D eigenvalue weighted by atomic mass is 10.1. The molecule has 2 rings (SSSR count). The number of aryl methyl sites for hydroxylation is 1. The van der Waals surface area contributed by atoms with Gasteiger partial charge in [0.1, 0.15) is 11.4 Å². The van der Waals surface area contributed by atoms with Crippen LogP contribution in [0.25, 0.3) is 11.3 Å². The average Bonchev–Trinajstić information content (AvgIpc) is 2.70. The van der Waals surface area contributed by atoms with Crippen LogP contribution in [0.4, 0.5) is 0 Å². The van der Waals surface area contributed by atoms with Crippen LogP contribution in [0.15, 0.2) is 24.3 Å². The van der Waals surface area contributed by atoms with Gasteiger partial charge in [0.2, 0.25) is 0 Å². The lowest BCUT2D eigenvalue weighted by Crippen LogP contribution is -1.97. The Labute approximate surface area is 94.9 Å². The van der Waals surface area contributed by atoms with E-state index in [1.54, 1.807) is 7.11 Å². The molecule has 0 aliphatic rings. The summed E-state index contributed by atoms with van der Waals surface area (Å²) in [5, 5.41) is 8.25. The molecule has 1 heterocycles. The van der Waals surface area contributed by atoms with Crippen molar-refractivity contribution in [3.05, 3.63) is 30.0 Å². The van der Waals surface area contributed by atoms with Gasteiger partial charge in [-0.25, -0.2) is 0 Å². The Bertz CT molecular complexity index is 491. The van der Waals surface area contributed by atoms with E-state index in [0.29, 0.717) is 0 Å². The first kappa shape index (κ1) is 10.7. The highest BCUT2D eigenvalue weighted by molar-refractivity contribution is 5.68. The molecule has 0 unspecified atom stereocenters. The molecule has 0 amide bonds. The summed E-state index contributed by atoms with van der Waals surface area (Å²) in [7, 11) is 3.57. The smallest absolute Gasteiger partial charge is 0.128 e. The van der Waals surface area contributed by atoms with Crippen LogP contribution < -0.4 is 4.74 Å². The predicted octanol–water partition coefficient (Wildman–Crippen LogP) is 2.05. The van der Waals surface area contributed by atoms with Crippen LogP contribution in [0, 0.1) is 0 Å². The van der Waals surface area contributed by atoms with E-state index in [9.17, 15) is 0 Å². The molecular weight excluding hydrogens is 202 g/mol. The van der Waals surface area contributed by atoms with Gasteiger partial charge in [0.05, 0.1) is 12.8 Å². The number of benzene rings is 1. The van der Waals surface area contributed by atoms with E-state index in [2.05, 4.69) is 17.2 Å². The predicted molar refractivity (Wildman–Crippen MR) is 62.4 cm³/mol. The van der Waals surface area contributed by atoms with Crippen LogP contribution in [0.1, 0.15) is 12.6 Å². The molecule has 0 N–H and O–H groups in total. The van der Waals surface area contributed by atoms with Gasteiger partial charge in [0.25, 0.3) is 0 Å². The maximum absolute atomic E-state index is 5.33. The second-order valence-electron chi connectivity index (χ2n) is 3.56. The molecule has 84 valence electrons. The summed E-state index contributed by atoms with van der Waals surface area (Å²) in [5.74, 6) is 0.831. The standard InChI is InChI=1S/C12H15N3O/c1-4-10-12(13-14-15(10)2)9-7-5-6-8-11(9)16-3/h5-8H,4H2,1-3H3. The largest absolute Gasteiger partial charge is 0.496 e. The molecule has 0 fully saturated rings. The zero-order valence-corrected chi connectivity index (χ0v) is 9.77. The Morgan fingerprint density at radius 3 is 2.75 bits per heavy atom. The van der Waals surface area contributed by atoms with Crippen molar-refractivity contribution in [3.8, 4) is 17.0 Å². The van der Waals surface area contributed by atoms with E-state index in [0.717, 1.165) is 29.1 Å². The first-order valence-electron chi connectivity index (χ1n) is 5.29. The molecule has 4 heteroatoms. The second kappa shape index (κ2) is 4.35. The zero-order valence-electron chi connectivity index (χ0n) is 9.77. The molecule has 0 aliphatic carbocycles. The Morgan fingerprint density at radius 2 is 2.06 bits per heavy atom. The maximum atomic E-state index is 5.33. The Balaban J connectivity index is 2.58. The normalized spacial score (nSPS) is 10.4. The highest BCUT2D eigenvalue weighted by Gasteiger charge is 2.14. The van der Waals surface area contributed by atoms with Crippen LogP contribution in [0.3, 0.4) is 0 Å². The second-order valence-corrected chi connectivity index (χ2v) is 3.56. The van der Waals surface area contributed by atoms with Gasteiger partial charge < -0.3 is 4.74 Å². The molecule has 0 bridgehead atoms. The highest BCUT2D eigenvalue weighted by Crippen LogP contribution is 2.30. The number of hydrogen-bond acceptors (Lipinski definition) is 3. The summed E-state index contributed by atoms with van der Waals surface area (Å²) in [6.07, 6.45) is 0.900. The van der Waals surface area contributed by atoms with Gasteiger partial charge in [0.15, 0.2) is 0 Å². The van der Waals surface area contributed by atoms with Crippen molar-refractivity contribution in [1.82, 2.24) is 15.0 Å². The molecule has 1 aromatic heterocycles. The lowest BCUT2D eigenvalue weighted by Gasteiger charge is -2.06. The van der Waals surface area contributed by atoms with Crippen LogP contribution in [0.2, 0.25) is 0 Å². The number of ether oxygens (including phenoxy) is 1. The quantitative estimate of drug-likeness (QED) is 0.790. The summed E-state index contributed by atoms with van der Waals surface area (Å²) in [4.78, 5) is 0. The van der Waals surface area contributed by atoms with Gasteiger partial charge in [-0.1, -0.05) is 24.3 Å². The Kier molecular flexibility index (Phi) is 2.90. The minimum Gasteiger partial charge on any atom is -0.496 e. The van der Waals surface area contributed by atoms with E-state index in [1.807, 2.05) is 36.0 Å². The highest BCUT2D eigenvalue weighted by atomic mass is 16.5. The molecule has 2 aromatic rings. The molecule has 0 spiro atoms. The molecule has 16 heavy (non-hydrogen) atoms. The average molecular weight is 217 g/mol. The van der Waals surface area contributed by atoms with Crippen molar-refractivity contribution in [2.75, 3.05) is 7.11 Å². The zero-order chi connectivity index (χ0) is 11.5. The van der Waals surface area contributed by atoms with Crippen molar-refractivity contribution in [3.63, 3.8) is 0 Å². The third-order valence-electron chi connectivity index (χ3n) is 2.64. The number of hydrogen-bond donors (Lipinski definition) is 0. The van der Waals surface area contributed by atoms with E-state index >= 15 is 0 Å². The molecule has 0 aliphatic heterocycles. The number of methoxy groups -OCH3 is 1. The van der Waals surface area contributed by atoms with Crippen molar-refractivity contribution >= 4 is 0 Å². The van der Waals surface area contributed by atoms with Crippen LogP contribution in [0.5, 0.6) is 5.75 Å². The van der Waals surface area contributed by atoms with E-state index in [1.165, 1.54) is 0 Å². The molecule has 0 saturated carbocycles. The maximum Gasteiger partial charge on any atom is 0.128 e. The first-order valence-corrected chi connectivity index (χ1v) is 5.29. The van der Waals surface area contributed by atoms with Crippen LogP contribution >= 0.6 is 0 Å². The van der Waals surface area contributed by atoms with Gasteiger partial charge in [-0.05, 0) is 18.6 Å². The molecule has 1 aromatic carbocycles. The van der Waals surface area contributed by atoms with Crippen molar-refractivity contribution in [2.45, 2.75) is 13.3 Å². The topological polar surface area (TPSA) is 39.9 Å². The number of rotatable bonds is 3. The molecule has 0 radical (unpaired) electrons. The summed E-state index contributed by atoms with van der Waals surface area (Å²) >= 11 is 0. The van der Waals surface area contributed by atoms with Gasteiger partial charge in [0, 0.05) is 12.6 Å². The number of aromatic nitrogens is 3. The van der Waals surface area contributed by atoms with Gasteiger partial charge in [-0.2, -0.15) is 0 Å². The Hall–Kier alpha value is -1.84. The van der Waals surface area contributed by atoms with Crippen molar-refractivity contribution in [2.24, 2.45) is 7.05 Å². The molecule has 4 nitrogen and oxygen atoms in total. The van der Waals surface area contributed by atoms with E-state index in [-0.39, 0.29) is 0 Å². The van der Waals surface area contributed by atoms with Crippen molar-refractivity contribution in [1.29, 1.82) is 0 Å². The van der Waals surface area contributed by atoms with Gasteiger partial charge in [-0.15, -0.1) is 5.10 Å². The summed E-state index contributed by atoms with van der Waals surface area (Å²) in [6, 6.07) is 7.86. The third-order valence-corrected chi connectivity index (χ3v) is 2.64. The fourth-order valence-corrected chi connectivity index (χ4v) is 1.82. The third kappa shape index (κ3) is 1.66. The fraction of sp³-hybridized carbons (Fsp3) is 0.333. The minimum absolute atomic E-state index is 0.831. The lowest BCUT2D eigenvalue weighted by molar-refractivity contribution is 0.416. The fourth-order valence-electron chi connectivity index (χ4n) is 1.82. The van der Waals surface area contributed by atoms with Gasteiger partial charge in [-0.3, -0.25) is 4.68 Å². The molecular formula is C12H15N3O. The monoisotopic (exact) mass is 217 g/mol. The van der Waals surface area contributed by atoms with Gasteiger partial charge >= 0.3 is 0 Å². The SMILES string of the molecule is CCc1c(-c2ccccc2OC)nnn1C. The van der Waals surface area contributed by atoms with E-state index in [4.69, 9.17) is 4.74 Å². The number of para-hydroxylation sites is 1. The van der Waals surface area contributed by atoms with Crippen LogP contribution in [-0.2, 0) is 13.5 Å². The first-order chi connectivity index (χ1) is 7.77. The van der Waals surface area contributed by atoms with Crippen molar-refractivity contribution < 1.29 is 4.74 Å². The summed E-state index contributed by atoms with van der Waals surface area (Å²) < 4.78 is 7.14.